The highest BCUT2D eigenvalue weighted by atomic mass is 16.5. The molecule has 0 aliphatic rings. The molecule has 2 heterocycles. The predicted molar refractivity (Wildman–Crippen MR) is 97.7 cm³/mol. The Balaban J connectivity index is 1.90. The number of benzene rings is 1. The predicted octanol–water partition coefficient (Wildman–Crippen LogP) is 4.02. The molecule has 0 amide bonds. The number of aryl methyl sites for hydroxylation is 1. The van der Waals surface area contributed by atoms with E-state index < -0.39 is 0 Å². The van der Waals surface area contributed by atoms with Crippen LogP contribution in [0, 0.1) is 0 Å². The van der Waals surface area contributed by atoms with E-state index in [0.717, 1.165) is 28.5 Å². The Morgan fingerprint density at radius 1 is 1.16 bits per heavy atom. The molecule has 0 saturated heterocycles. The van der Waals surface area contributed by atoms with Crippen LogP contribution in [-0.2, 0) is 13.6 Å². The molecule has 2 aromatic heterocycles. The van der Waals surface area contributed by atoms with E-state index in [2.05, 4.69) is 36.4 Å². The topological polar surface area (TPSA) is 52.2 Å². The number of ether oxygens (including phenoxy) is 1. The molecule has 1 N–H and O–H groups in total. The Morgan fingerprint density at radius 2 is 1.92 bits per heavy atom. The Hall–Kier alpha value is -2.53. The molecule has 132 valence electrons. The third-order valence-corrected chi connectivity index (χ3v) is 4.30. The third-order valence-electron chi connectivity index (χ3n) is 4.30. The highest BCUT2D eigenvalue weighted by Gasteiger charge is 2.22. The molecule has 5 nitrogen and oxygen atoms in total. The molecule has 1 aromatic carbocycles. The molecule has 25 heavy (non-hydrogen) atoms. The lowest BCUT2D eigenvalue weighted by Crippen LogP contribution is -2.22. The quantitative estimate of drug-likeness (QED) is 0.706. The van der Waals surface area contributed by atoms with Crippen LogP contribution in [-0.4, -0.2) is 16.9 Å². The van der Waals surface area contributed by atoms with Crippen molar-refractivity contribution >= 4 is 0 Å². The van der Waals surface area contributed by atoms with Crippen LogP contribution in [0.2, 0.25) is 0 Å². The van der Waals surface area contributed by atoms with Gasteiger partial charge in [-0.25, -0.2) is 4.68 Å². The number of hydrogen-bond acceptors (Lipinski definition) is 4. The van der Waals surface area contributed by atoms with Crippen molar-refractivity contribution in [3.63, 3.8) is 0 Å². The van der Waals surface area contributed by atoms with Crippen molar-refractivity contribution in [1.82, 2.24) is 15.1 Å². The molecular weight excluding hydrogens is 314 g/mol. The van der Waals surface area contributed by atoms with Crippen LogP contribution in [0.1, 0.15) is 48.4 Å². The second-order valence-electron chi connectivity index (χ2n) is 6.39. The van der Waals surface area contributed by atoms with Crippen LogP contribution < -0.4 is 10.1 Å². The molecule has 0 saturated carbocycles. The summed E-state index contributed by atoms with van der Waals surface area (Å²) in [5.74, 6) is 2.01. The van der Waals surface area contributed by atoms with Gasteiger partial charge in [0.15, 0.2) is 0 Å². The summed E-state index contributed by atoms with van der Waals surface area (Å²) in [4.78, 5) is 0. The van der Waals surface area contributed by atoms with Gasteiger partial charge in [0, 0.05) is 13.6 Å². The summed E-state index contributed by atoms with van der Waals surface area (Å²) in [6.45, 7) is 4.93. The fourth-order valence-corrected chi connectivity index (χ4v) is 3.15. The molecule has 0 radical (unpaired) electrons. The van der Waals surface area contributed by atoms with Gasteiger partial charge in [-0.15, -0.1) is 0 Å². The van der Waals surface area contributed by atoms with Gasteiger partial charge in [0.2, 0.25) is 5.88 Å². The fraction of sp³-hybridized carbons (Fsp3) is 0.350. The maximum Gasteiger partial charge on any atom is 0.216 e. The number of methoxy groups -OCH3 is 1. The van der Waals surface area contributed by atoms with Crippen molar-refractivity contribution in [3.8, 4) is 5.88 Å². The largest absolute Gasteiger partial charge is 0.481 e. The third kappa shape index (κ3) is 3.61. The lowest BCUT2D eigenvalue weighted by atomic mass is 10.0. The van der Waals surface area contributed by atoms with E-state index in [1.165, 1.54) is 0 Å². The first kappa shape index (κ1) is 17.3. The molecule has 0 fully saturated rings. The van der Waals surface area contributed by atoms with Gasteiger partial charge in [0.25, 0.3) is 0 Å². The standard InChI is InChI=1S/C20H25N3O2/c1-14(2)18-16(20(24-4)23(3)22-18)13-21-19(17-11-8-12-25-17)15-9-6-5-7-10-15/h5-12,14,19,21H,13H2,1-4H3. The van der Waals surface area contributed by atoms with Crippen molar-refractivity contribution in [2.45, 2.75) is 32.4 Å². The van der Waals surface area contributed by atoms with Crippen LogP contribution >= 0.6 is 0 Å². The minimum atomic E-state index is -0.0267. The Kier molecular flexibility index (Phi) is 5.24. The second kappa shape index (κ2) is 7.57. The van der Waals surface area contributed by atoms with Crippen molar-refractivity contribution in [2.24, 2.45) is 7.05 Å². The van der Waals surface area contributed by atoms with Gasteiger partial charge in [-0.3, -0.25) is 5.32 Å². The second-order valence-corrected chi connectivity index (χ2v) is 6.39. The zero-order chi connectivity index (χ0) is 17.8. The van der Waals surface area contributed by atoms with Gasteiger partial charge in [-0.1, -0.05) is 44.2 Å². The number of nitrogens with one attached hydrogen (secondary N) is 1. The Morgan fingerprint density at radius 3 is 2.52 bits per heavy atom. The van der Waals surface area contributed by atoms with E-state index in [0.29, 0.717) is 12.5 Å². The smallest absolute Gasteiger partial charge is 0.216 e. The minimum Gasteiger partial charge on any atom is -0.481 e. The first-order valence-corrected chi connectivity index (χ1v) is 8.53. The average Bonchev–Trinajstić information content (AvgIpc) is 3.24. The van der Waals surface area contributed by atoms with Gasteiger partial charge in [0.1, 0.15) is 5.76 Å². The SMILES string of the molecule is COc1c(CNC(c2ccccc2)c2ccco2)c(C(C)C)nn1C. The molecule has 0 aliphatic carbocycles. The van der Waals surface area contributed by atoms with Crippen molar-refractivity contribution in [1.29, 1.82) is 0 Å². The maximum atomic E-state index is 5.66. The van der Waals surface area contributed by atoms with Gasteiger partial charge >= 0.3 is 0 Å². The molecule has 1 unspecified atom stereocenters. The first-order chi connectivity index (χ1) is 12.1. The number of nitrogens with zero attached hydrogens (tertiary/aromatic N) is 2. The van der Waals surface area contributed by atoms with E-state index in [1.807, 2.05) is 37.4 Å². The fourth-order valence-electron chi connectivity index (χ4n) is 3.15. The number of aromatic nitrogens is 2. The van der Waals surface area contributed by atoms with Crippen LogP contribution in [0.3, 0.4) is 0 Å². The summed E-state index contributed by atoms with van der Waals surface area (Å²) in [6, 6.07) is 14.2. The van der Waals surface area contributed by atoms with Crippen LogP contribution in [0.15, 0.2) is 53.1 Å². The summed E-state index contributed by atoms with van der Waals surface area (Å²) >= 11 is 0. The summed E-state index contributed by atoms with van der Waals surface area (Å²) in [5, 5.41) is 8.23. The van der Waals surface area contributed by atoms with Gasteiger partial charge in [-0.05, 0) is 23.6 Å². The minimum absolute atomic E-state index is 0.0267. The van der Waals surface area contributed by atoms with Crippen molar-refractivity contribution in [2.75, 3.05) is 7.11 Å². The molecule has 1 atom stereocenters. The van der Waals surface area contributed by atoms with E-state index in [1.54, 1.807) is 18.1 Å². The van der Waals surface area contributed by atoms with E-state index >= 15 is 0 Å². The highest BCUT2D eigenvalue weighted by molar-refractivity contribution is 5.34. The van der Waals surface area contributed by atoms with Gasteiger partial charge in [-0.2, -0.15) is 5.10 Å². The number of rotatable bonds is 7. The number of hydrogen-bond donors (Lipinski definition) is 1. The van der Waals surface area contributed by atoms with E-state index in [4.69, 9.17) is 9.15 Å². The lowest BCUT2D eigenvalue weighted by Gasteiger charge is -2.18. The van der Waals surface area contributed by atoms with Gasteiger partial charge in [0.05, 0.1) is 30.7 Å². The van der Waals surface area contributed by atoms with E-state index in [9.17, 15) is 0 Å². The molecule has 5 heteroatoms. The van der Waals surface area contributed by atoms with Crippen molar-refractivity contribution in [3.05, 3.63) is 71.3 Å². The molecule has 0 aliphatic heterocycles. The Labute approximate surface area is 148 Å². The van der Waals surface area contributed by atoms with Crippen LogP contribution in [0.5, 0.6) is 5.88 Å². The molecule has 0 bridgehead atoms. The molecule has 3 aromatic rings. The maximum absolute atomic E-state index is 5.66. The summed E-state index contributed by atoms with van der Waals surface area (Å²) in [7, 11) is 3.60. The molecule has 0 spiro atoms. The average molecular weight is 339 g/mol. The first-order valence-electron chi connectivity index (χ1n) is 8.53. The Bertz CT molecular complexity index is 792. The summed E-state index contributed by atoms with van der Waals surface area (Å²) < 4.78 is 13.0. The number of furan rings is 1. The lowest BCUT2D eigenvalue weighted by molar-refractivity contribution is 0.366. The highest BCUT2D eigenvalue weighted by Crippen LogP contribution is 2.29. The van der Waals surface area contributed by atoms with Gasteiger partial charge < -0.3 is 9.15 Å². The van der Waals surface area contributed by atoms with E-state index in [-0.39, 0.29) is 6.04 Å². The van der Waals surface area contributed by atoms with Crippen LogP contribution in [0.25, 0.3) is 0 Å². The van der Waals surface area contributed by atoms with Crippen molar-refractivity contribution < 1.29 is 9.15 Å². The summed E-state index contributed by atoms with van der Waals surface area (Å²) in [6.07, 6.45) is 1.71. The van der Waals surface area contributed by atoms with Crippen LogP contribution in [0.4, 0.5) is 0 Å². The normalized spacial score (nSPS) is 12.5. The molecular formula is C20H25N3O2. The summed E-state index contributed by atoms with van der Waals surface area (Å²) in [5.41, 5.74) is 3.30. The monoisotopic (exact) mass is 339 g/mol. The zero-order valence-electron chi connectivity index (χ0n) is 15.2. The zero-order valence-corrected chi connectivity index (χ0v) is 15.2. The molecule has 3 rings (SSSR count).